The molecule has 180 valence electrons. The molecule has 2 atom stereocenters. The summed E-state index contributed by atoms with van der Waals surface area (Å²) < 4.78 is 5.94. The van der Waals surface area contributed by atoms with E-state index in [1.54, 1.807) is 23.4 Å². The van der Waals surface area contributed by atoms with Crippen molar-refractivity contribution >= 4 is 50.9 Å². The van der Waals surface area contributed by atoms with Crippen LogP contribution in [0, 0.1) is 0 Å². The number of hydrogen-bond donors (Lipinski definition) is 3. The molecule has 2 saturated heterocycles. The van der Waals surface area contributed by atoms with E-state index in [4.69, 9.17) is 16.3 Å². The number of aromatic amines is 1. The highest BCUT2D eigenvalue weighted by Gasteiger charge is 2.39. The molecular weight excluding hydrogens is 458 g/mol. The number of nitrogens with one attached hydrogen (secondary N) is 2. The molecule has 0 unspecified atom stereocenters. The van der Waals surface area contributed by atoms with E-state index in [-0.39, 0.29) is 25.0 Å². The number of carbonyl (C=O) groups excluding carboxylic acids is 2. The van der Waals surface area contributed by atoms with Crippen molar-refractivity contribution < 1.29 is 19.4 Å². The van der Waals surface area contributed by atoms with E-state index >= 15 is 0 Å². The fraction of sp³-hybridized carbons (Fsp3) is 0.458. The van der Waals surface area contributed by atoms with Gasteiger partial charge in [-0.05, 0) is 38.5 Å². The molecule has 2 aliphatic heterocycles. The normalized spacial score (nSPS) is 23.0. The number of likely N-dealkylation sites (tertiary alicyclic amines) is 1. The van der Waals surface area contributed by atoms with Crippen molar-refractivity contribution in [1.82, 2.24) is 19.8 Å². The van der Waals surface area contributed by atoms with Crippen LogP contribution in [0.3, 0.4) is 0 Å². The first-order valence-corrected chi connectivity index (χ1v) is 11.8. The number of pyridine rings is 1. The molecule has 2 aromatic heterocycles. The fourth-order valence-electron chi connectivity index (χ4n) is 4.84. The number of H-pyrrole nitrogens is 1. The summed E-state index contributed by atoms with van der Waals surface area (Å²) in [5, 5.41) is 15.2. The average Bonchev–Trinajstić information content (AvgIpc) is 3.37. The minimum Gasteiger partial charge on any atom is -0.391 e. The van der Waals surface area contributed by atoms with E-state index in [0.29, 0.717) is 36.8 Å². The summed E-state index contributed by atoms with van der Waals surface area (Å²) in [4.78, 5) is 37.3. The van der Waals surface area contributed by atoms with Crippen LogP contribution in [-0.4, -0.2) is 87.2 Å². The Morgan fingerprint density at radius 1 is 1.35 bits per heavy atom. The zero-order chi connectivity index (χ0) is 24.0. The molecule has 10 heteroatoms. The zero-order valence-electron chi connectivity index (χ0n) is 19.2. The average molecular weight is 486 g/mol. The first kappa shape index (κ1) is 23.0. The quantitative estimate of drug-likeness (QED) is 0.523. The molecule has 4 heterocycles. The molecule has 9 nitrogen and oxygen atoms in total. The Hall–Kier alpha value is -2.72. The number of β-amino-alcohol motifs (C(OH)–C–C–N with tert-alkyl or cyclic N) is 1. The lowest BCUT2D eigenvalue weighted by atomic mass is 10.0. The van der Waals surface area contributed by atoms with Crippen LogP contribution in [0.1, 0.15) is 20.3 Å². The summed E-state index contributed by atoms with van der Waals surface area (Å²) in [6, 6.07) is 4.81. The fourth-order valence-corrected chi connectivity index (χ4v) is 5.05. The van der Waals surface area contributed by atoms with Crippen molar-refractivity contribution in [3.05, 3.63) is 35.6 Å². The number of morpholine rings is 1. The number of fused-ring (bicyclic) bond motifs is 3. The van der Waals surface area contributed by atoms with Crippen LogP contribution in [0.15, 0.2) is 30.6 Å². The summed E-state index contributed by atoms with van der Waals surface area (Å²) in [6.45, 7) is 5.42. The SMILES string of the molecule is CC1(C)CN(CC(=O)N2CC[C@H](O)C2)[C@H](C(=O)Nc2cc(Cl)cc3c2[nH]c2cnccc23)CO1. The third kappa shape index (κ3) is 4.48. The van der Waals surface area contributed by atoms with Crippen molar-refractivity contribution in [3.63, 3.8) is 0 Å². The second-order valence-corrected chi connectivity index (χ2v) is 10.1. The Morgan fingerprint density at radius 3 is 2.94 bits per heavy atom. The minimum atomic E-state index is -0.649. The van der Waals surface area contributed by atoms with Gasteiger partial charge in [-0.3, -0.25) is 19.5 Å². The van der Waals surface area contributed by atoms with Gasteiger partial charge in [-0.15, -0.1) is 0 Å². The number of aromatic nitrogens is 2. The first-order valence-electron chi connectivity index (χ1n) is 11.4. The minimum absolute atomic E-state index is 0.0839. The standard InChI is InChI=1S/C24H28ClN5O4/c1-24(2)13-30(11-21(32)29-6-4-15(31)10-29)20(12-34-24)23(33)28-18-8-14(25)7-17-16-3-5-26-9-19(16)27-22(17)18/h3,5,7-9,15,20,27,31H,4,6,10-13H2,1-2H3,(H,28,33)/t15-,20-/m0/s1. The maximum absolute atomic E-state index is 13.4. The molecule has 3 aromatic rings. The van der Waals surface area contributed by atoms with Crippen molar-refractivity contribution in [2.24, 2.45) is 0 Å². The molecule has 0 aliphatic carbocycles. The monoisotopic (exact) mass is 485 g/mol. The molecule has 0 bridgehead atoms. The number of anilines is 1. The van der Waals surface area contributed by atoms with Crippen molar-refractivity contribution in [1.29, 1.82) is 0 Å². The maximum Gasteiger partial charge on any atom is 0.244 e. The molecule has 0 radical (unpaired) electrons. The lowest BCUT2D eigenvalue weighted by Gasteiger charge is -2.42. The predicted octanol–water partition coefficient (Wildman–Crippen LogP) is 2.38. The van der Waals surface area contributed by atoms with Gasteiger partial charge in [-0.1, -0.05) is 11.6 Å². The second kappa shape index (κ2) is 8.81. The van der Waals surface area contributed by atoms with Gasteiger partial charge in [0.2, 0.25) is 11.8 Å². The van der Waals surface area contributed by atoms with Gasteiger partial charge in [0.05, 0.1) is 47.8 Å². The van der Waals surface area contributed by atoms with Crippen LogP contribution in [0.5, 0.6) is 0 Å². The summed E-state index contributed by atoms with van der Waals surface area (Å²) >= 11 is 6.38. The van der Waals surface area contributed by atoms with Crippen LogP contribution in [0.2, 0.25) is 5.02 Å². The van der Waals surface area contributed by atoms with Gasteiger partial charge in [0.1, 0.15) is 6.04 Å². The van der Waals surface area contributed by atoms with E-state index in [1.807, 2.05) is 30.9 Å². The number of ether oxygens (including phenoxy) is 1. The van der Waals surface area contributed by atoms with E-state index in [0.717, 1.165) is 21.8 Å². The lowest BCUT2D eigenvalue weighted by molar-refractivity contribution is -0.150. The van der Waals surface area contributed by atoms with Crippen LogP contribution in [0.4, 0.5) is 5.69 Å². The summed E-state index contributed by atoms with van der Waals surface area (Å²) in [5.41, 5.74) is 1.67. The maximum atomic E-state index is 13.4. The van der Waals surface area contributed by atoms with Crippen LogP contribution in [0.25, 0.3) is 21.8 Å². The van der Waals surface area contributed by atoms with Gasteiger partial charge in [-0.2, -0.15) is 0 Å². The van der Waals surface area contributed by atoms with Crippen molar-refractivity contribution in [2.75, 3.05) is 38.1 Å². The molecule has 5 rings (SSSR count). The number of benzene rings is 1. The Balaban J connectivity index is 1.40. The van der Waals surface area contributed by atoms with Crippen molar-refractivity contribution in [3.8, 4) is 0 Å². The van der Waals surface area contributed by atoms with Gasteiger partial charge in [0.25, 0.3) is 0 Å². The second-order valence-electron chi connectivity index (χ2n) is 9.69. The highest BCUT2D eigenvalue weighted by Crippen LogP contribution is 2.33. The summed E-state index contributed by atoms with van der Waals surface area (Å²) in [6.07, 6.45) is 3.54. The highest BCUT2D eigenvalue weighted by molar-refractivity contribution is 6.33. The Kier molecular flexibility index (Phi) is 5.97. The molecule has 2 amide bonds. The summed E-state index contributed by atoms with van der Waals surface area (Å²) in [5.74, 6) is -0.370. The van der Waals surface area contributed by atoms with Gasteiger partial charge in [0.15, 0.2) is 0 Å². The molecule has 1 aromatic carbocycles. The lowest BCUT2D eigenvalue weighted by Crippen LogP contribution is -2.60. The van der Waals surface area contributed by atoms with Crippen LogP contribution in [-0.2, 0) is 14.3 Å². The molecule has 34 heavy (non-hydrogen) atoms. The van der Waals surface area contributed by atoms with Crippen LogP contribution < -0.4 is 5.32 Å². The third-order valence-corrected chi connectivity index (χ3v) is 6.76. The Morgan fingerprint density at radius 2 is 2.18 bits per heavy atom. The van der Waals surface area contributed by atoms with Gasteiger partial charge < -0.3 is 25.0 Å². The Bertz CT molecular complexity index is 1260. The number of hydrogen-bond acceptors (Lipinski definition) is 6. The topological polar surface area (TPSA) is 111 Å². The molecule has 2 fully saturated rings. The first-order chi connectivity index (χ1) is 16.2. The van der Waals surface area contributed by atoms with Gasteiger partial charge in [-0.25, -0.2) is 0 Å². The molecule has 0 saturated carbocycles. The number of carbonyl (C=O) groups is 2. The zero-order valence-corrected chi connectivity index (χ0v) is 19.9. The van der Waals surface area contributed by atoms with Crippen molar-refractivity contribution in [2.45, 2.75) is 38.0 Å². The number of aliphatic hydroxyl groups is 1. The molecule has 0 spiro atoms. The largest absolute Gasteiger partial charge is 0.391 e. The number of amides is 2. The predicted molar refractivity (Wildman–Crippen MR) is 130 cm³/mol. The van der Waals surface area contributed by atoms with E-state index < -0.39 is 17.7 Å². The van der Waals surface area contributed by atoms with E-state index in [1.165, 1.54) is 0 Å². The molecular formula is C24H28ClN5O4. The smallest absolute Gasteiger partial charge is 0.244 e. The highest BCUT2D eigenvalue weighted by atomic mass is 35.5. The number of halogens is 1. The van der Waals surface area contributed by atoms with Crippen LogP contribution >= 0.6 is 11.6 Å². The van der Waals surface area contributed by atoms with Gasteiger partial charge >= 0.3 is 0 Å². The Labute approximate surface area is 202 Å². The summed E-state index contributed by atoms with van der Waals surface area (Å²) in [7, 11) is 0. The molecule has 2 aliphatic rings. The van der Waals surface area contributed by atoms with Gasteiger partial charge in [0, 0.05) is 41.6 Å². The molecule has 3 N–H and O–H groups in total. The van der Waals surface area contributed by atoms with E-state index in [2.05, 4.69) is 15.3 Å². The number of aliphatic hydroxyl groups excluding tert-OH is 1. The number of nitrogens with zero attached hydrogens (tertiary/aromatic N) is 3. The third-order valence-electron chi connectivity index (χ3n) is 6.55. The van der Waals surface area contributed by atoms with E-state index in [9.17, 15) is 14.7 Å². The number of rotatable bonds is 4.